The Morgan fingerprint density at radius 3 is 2.56 bits per heavy atom. The van der Waals surface area contributed by atoms with E-state index in [-0.39, 0.29) is 5.91 Å². The fourth-order valence-corrected chi connectivity index (χ4v) is 2.54. The molecule has 1 aliphatic heterocycles. The number of rotatable bonds is 5. The SMILES string of the molecule is CC(C)CCCC(=O)N1CCCCC1(C)C(=O)O. The Hall–Kier alpha value is -1.06. The van der Waals surface area contributed by atoms with Crippen molar-refractivity contribution in [1.29, 1.82) is 0 Å². The van der Waals surface area contributed by atoms with Gasteiger partial charge in [-0.1, -0.05) is 20.3 Å². The Labute approximate surface area is 109 Å². The Kier molecular flexibility index (Phi) is 5.17. The Morgan fingerprint density at radius 2 is 2.00 bits per heavy atom. The maximum Gasteiger partial charge on any atom is 0.329 e. The molecule has 0 radical (unpaired) electrons. The summed E-state index contributed by atoms with van der Waals surface area (Å²) < 4.78 is 0. The molecular weight excluding hydrogens is 230 g/mol. The summed E-state index contributed by atoms with van der Waals surface area (Å²) in [7, 11) is 0. The van der Waals surface area contributed by atoms with E-state index in [4.69, 9.17) is 0 Å². The monoisotopic (exact) mass is 255 g/mol. The molecule has 4 nitrogen and oxygen atoms in total. The first-order valence-electron chi connectivity index (χ1n) is 6.92. The third-order valence-electron chi connectivity index (χ3n) is 3.82. The van der Waals surface area contributed by atoms with E-state index in [2.05, 4.69) is 13.8 Å². The van der Waals surface area contributed by atoms with Crippen LogP contribution in [0.5, 0.6) is 0 Å². The maximum atomic E-state index is 12.2. The van der Waals surface area contributed by atoms with E-state index in [1.165, 1.54) is 0 Å². The van der Waals surface area contributed by atoms with Crippen LogP contribution in [0.2, 0.25) is 0 Å². The zero-order valence-corrected chi connectivity index (χ0v) is 11.7. The van der Waals surface area contributed by atoms with E-state index in [1.54, 1.807) is 11.8 Å². The van der Waals surface area contributed by atoms with Crippen LogP contribution < -0.4 is 0 Å². The van der Waals surface area contributed by atoms with Crippen molar-refractivity contribution < 1.29 is 14.7 Å². The van der Waals surface area contributed by atoms with E-state index < -0.39 is 11.5 Å². The second-order valence-corrected chi connectivity index (χ2v) is 5.87. The van der Waals surface area contributed by atoms with Crippen molar-refractivity contribution in [2.75, 3.05) is 6.54 Å². The molecule has 18 heavy (non-hydrogen) atoms. The molecule has 1 heterocycles. The molecule has 104 valence electrons. The van der Waals surface area contributed by atoms with E-state index in [1.807, 2.05) is 0 Å². The standard InChI is InChI=1S/C14H25NO3/c1-11(2)7-6-8-12(16)15-10-5-4-9-14(15,3)13(17)18/h11H,4-10H2,1-3H3,(H,17,18). The van der Waals surface area contributed by atoms with Gasteiger partial charge in [-0.2, -0.15) is 0 Å². The van der Waals surface area contributed by atoms with E-state index in [9.17, 15) is 14.7 Å². The zero-order chi connectivity index (χ0) is 13.8. The number of hydrogen-bond donors (Lipinski definition) is 1. The number of carboxylic acid groups (broad SMARTS) is 1. The predicted molar refractivity (Wildman–Crippen MR) is 70.3 cm³/mol. The summed E-state index contributed by atoms with van der Waals surface area (Å²) in [5.41, 5.74) is -0.993. The minimum atomic E-state index is -0.993. The lowest BCUT2D eigenvalue weighted by Crippen LogP contribution is -2.57. The van der Waals surface area contributed by atoms with Crippen molar-refractivity contribution in [3.8, 4) is 0 Å². The van der Waals surface area contributed by atoms with Crippen LogP contribution in [0.1, 0.15) is 59.3 Å². The van der Waals surface area contributed by atoms with Crippen LogP contribution in [0.15, 0.2) is 0 Å². The minimum absolute atomic E-state index is 0.000231. The molecule has 0 aromatic carbocycles. The highest BCUT2D eigenvalue weighted by Crippen LogP contribution is 2.29. The Bertz CT molecular complexity index is 314. The van der Waals surface area contributed by atoms with E-state index in [0.29, 0.717) is 25.3 Å². The number of carbonyl (C=O) groups is 2. The molecule has 0 bridgehead atoms. The summed E-state index contributed by atoms with van der Waals surface area (Å²) in [5.74, 6) is -0.287. The van der Waals surface area contributed by atoms with Crippen LogP contribution in [0, 0.1) is 5.92 Å². The molecular formula is C14H25NO3. The first-order chi connectivity index (χ1) is 8.38. The van der Waals surface area contributed by atoms with Crippen LogP contribution in [0.25, 0.3) is 0 Å². The van der Waals surface area contributed by atoms with Crippen molar-refractivity contribution >= 4 is 11.9 Å². The van der Waals surface area contributed by atoms with Gasteiger partial charge in [0.05, 0.1) is 0 Å². The summed E-state index contributed by atoms with van der Waals surface area (Å²) in [4.78, 5) is 25.1. The molecule has 1 amide bonds. The second-order valence-electron chi connectivity index (χ2n) is 5.87. The first-order valence-corrected chi connectivity index (χ1v) is 6.92. The smallest absolute Gasteiger partial charge is 0.329 e. The molecule has 0 saturated carbocycles. The second kappa shape index (κ2) is 6.21. The molecule has 0 aromatic rings. The fourth-order valence-electron chi connectivity index (χ4n) is 2.54. The molecule has 0 spiro atoms. The third kappa shape index (κ3) is 3.47. The molecule has 1 fully saturated rings. The van der Waals surface area contributed by atoms with Gasteiger partial charge in [-0.25, -0.2) is 4.79 Å². The van der Waals surface area contributed by atoms with Gasteiger partial charge in [-0.3, -0.25) is 4.79 Å². The lowest BCUT2D eigenvalue weighted by molar-refractivity contribution is -0.161. The number of aliphatic carboxylic acids is 1. The summed E-state index contributed by atoms with van der Waals surface area (Å²) in [6.45, 7) is 6.53. The first kappa shape index (κ1) is 15.0. The van der Waals surface area contributed by atoms with Crippen molar-refractivity contribution in [1.82, 2.24) is 4.90 Å². The number of nitrogens with zero attached hydrogens (tertiary/aromatic N) is 1. The van der Waals surface area contributed by atoms with Crippen LogP contribution in [0.4, 0.5) is 0 Å². The van der Waals surface area contributed by atoms with Gasteiger partial charge in [0.25, 0.3) is 0 Å². The molecule has 0 aromatic heterocycles. The lowest BCUT2D eigenvalue weighted by Gasteiger charge is -2.41. The highest BCUT2D eigenvalue weighted by molar-refractivity contribution is 5.87. The van der Waals surface area contributed by atoms with Crippen molar-refractivity contribution in [2.24, 2.45) is 5.92 Å². The molecule has 1 saturated heterocycles. The summed E-state index contributed by atoms with van der Waals surface area (Å²) >= 11 is 0. The third-order valence-corrected chi connectivity index (χ3v) is 3.82. The number of carbonyl (C=O) groups excluding carboxylic acids is 1. The fraction of sp³-hybridized carbons (Fsp3) is 0.857. The van der Waals surface area contributed by atoms with Gasteiger partial charge in [-0.05, 0) is 38.5 Å². The van der Waals surface area contributed by atoms with Crippen molar-refractivity contribution in [3.63, 3.8) is 0 Å². The van der Waals surface area contributed by atoms with Gasteiger partial charge in [0.1, 0.15) is 5.54 Å². The van der Waals surface area contributed by atoms with Crippen LogP contribution >= 0.6 is 0 Å². The quantitative estimate of drug-likeness (QED) is 0.821. The summed E-state index contributed by atoms with van der Waals surface area (Å²) in [6, 6.07) is 0. The number of likely N-dealkylation sites (tertiary alicyclic amines) is 1. The largest absolute Gasteiger partial charge is 0.480 e. The van der Waals surface area contributed by atoms with Gasteiger partial charge in [0, 0.05) is 13.0 Å². The minimum Gasteiger partial charge on any atom is -0.480 e. The average molecular weight is 255 g/mol. The van der Waals surface area contributed by atoms with Crippen LogP contribution in [-0.2, 0) is 9.59 Å². The Morgan fingerprint density at radius 1 is 1.33 bits per heavy atom. The predicted octanol–water partition coefficient (Wildman–Crippen LogP) is 2.67. The van der Waals surface area contributed by atoms with Crippen molar-refractivity contribution in [2.45, 2.75) is 64.8 Å². The molecule has 1 rings (SSSR count). The highest BCUT2D eigenvalue weighted by atomic mass is 16.4. The zero-order valence-electron chi connectivity index (χ0n) is 11.7. The highest BCUT2D eigenvalue weighted by Gasteiger charge is 2.43. The van der Waals surface area contributed by atoms with Crippen LogP contribution in [0.3, 0.4) is 0 Å². The van der Waals surface area contributed by atoms with E-state index in [0.717, 1.165) is 25.7 Å². The van der Waals surface area contributed by atoms with Crippen LogP contribution in [-0.4, -0.2) is 34.0 Å². The van der Waals surface area contributed by atoms with E-state index >= 15 is 0 Å². The number of carboxylic acids is 1. The van der Waals surface area contributed by atoms with Gasteiger partial charge < -0.3 is 10.0 Å². The average Bonchev–Trinajstić information content (AvgIpc) is 2.28. The molecule has 1 atom stereocenters. The number of hydrogen-bond acceptors (Lipinski definition) is 2. The topological polar surface area (TPSA) is 57.6 Å². The number of amides is 1. The van der Waals surface area contributed by atoms with Gasteiger partial charge in [-0.15, -0.1) is 0 Å². The number of piperidine rings is 1. The molecule has 4 heteroatoms. The Balaban J connectivity index is 2.61. The molecule has 1 aliphatic rings. The molecule has 1 N–H and O–H groups in total. The summed E-state index contributed by atoms with van der Waals surface area (Å²) in [5, 5.41) is 9.34. The normalized spacial score (nSPS) is 24.3. The van der Waals surface area contributed by atoms with Crippen molar-refractivity contribution in [3.05, 3.63) is 0 Å². The van der Waals surface area contributed by atoms with Gasteiger partial charge >= 0.3 is 5.97 Å². The summed E-state index contributed by atoms with van der Waals surface area (Å²) in [6.07, 6.45) is 4.71. The van der Waals surface area contributed by atoms with Gasteiger partial charge in [0.2, 0.25) is 5.91 Å². The molecule has 1 unspecified atom stereocenters. The lowest BCUT2D eigenvalue weighted by atomic mass is 9.88. The molecule has 0 aliphatic carbocycles. The maximum absolute atomic E-state index is 12.2. The van der Waals surface area contributed by atoms with Gasteiger partial charge in [0.15, 0.2) is 0 Å².